The van der Waals surface area contributed by atoms with Crippen LogP contribution in [0.25, 0.3) is 10.9 Å². The summed E-state index contributed by atoms with van der Waals surface area (Å²) in [6.45, 7) is 3.70. The highest BCUT2D eigenvalue weighted by Crippen LogP contribution is 2.46. The van der Waals surface area contributed by atoms with Crippen LogP contribution in [0.3, 0.4) is 0 Å². The molecule has 1 aliphatic heterocycles. The first-order chi connectivity index (χ1) is 16.7. The highest BCUT2D eigenvalue weighted by atomic mass is 79.9. The maximum atomic E-state index is 14.0. The molecule has 5 rings (SSSR count). The smallest absolute Gasteiger partial charge is 0.338 e. The molecule has 1 saturated heterocycles. The Morgan fingerprint density at radius 2 is 1.83 bits per heavy atom. The van der Waals surface area contributed by atoms with E-state index in [4.69, 9.17) is 12.2 Å². The van der Waals surface area contributed by atoms with E-state index in [1.54, 1.807) is 6.07 Å². The number of halogens is 3. The van der Waals surface area contributed by atoms with E-state index in [-0.39, 0.29) is 33.5 Å². The third-order valence-corrected chi connectivity index (χ3v) is 7.85. The van der Waals surface area contributed by atoms with Crippen LogP contribution in [0.5, 0.6) is 5.75 Å². The number of nitrogens with zero attached hydrogens (tertiary/aromatic N) is 3. The number of aromatic hydroxyl groups is 1. The number of fused-ring (bicyclic) bond motifs is 1. The fraction of sp³-hybridized carbons (Fsp3) is 0.360. The molecule has 0 radical (unpaired) electrons. The highest BCUT2D eigenvalue weighted by Gasteiger charge is 2.36. The predicted molar refractivity (Wildman–Crippen MR) is 136 cm³/mol. The summed E-state index contributed by atoms with van der Waals surface area (Å²) in [5.74, 6) is -3.24. The van der Waals surface area contributed by atoms with Crippen LogP contribution in [-0.4, -0.2) is 68.6 Å². The molecule has 2 fully saturated rings. The van der Waals surface area contributed by atoms with Crippen molar-refractivity contribution in [2.75, 3.05) is 33.2 Å². The number of carboxylic acids is 1. The second-order valence-corrected chi connectivity index (χ2v) is 10.5. The molecule has 0 unspecified atom stereocenters. The molecule has 2 heterocycles. The van der Waals surface area contributed by atoms with Gasteiger partial charge in [0.25, 0.3) is 0 Å². The summed E-state index contributed by atoms with van der Waals surface area (Å²) in [6.07, 6.45) is 1.70. The minimum absolute atomic E-state index is 0.00262. The minimum Gasteiger partial charge on any atom is -0.506 e. The van der Waals surface area contributed by atoms with Crippen molar-refractivity contribution in [1.29, 1.82) is 0 Å². The third-order valence-electron chi connectivity index (χ3n) is 6.82. The van der Waals surface area contributed by atoms with Gasteiger partial charge in [-0.15, -0.1) is 0 Å². The molecule has 184 valence electrons. The van der Waals surface area contributed by atoms with Gasteiger partial charge in [-0.25, -0.2) is 13.6 Å². The van der Waals surface area contributed by atoms with Crippen molar-refractivity contribution in [3.63, 3.8) is 0 Å². The lowest BCUT2D eigenvalue weighted by Gasteiger charge is -2.32. The minimum atomic E-state index is -1.18. The van der Waals surface area contributed by atoms with Gasteiger partial charge in [0.1, 0.15) is 5.75 Å². The van der Waals surface area contributed by atoms with Gasteiger partial charge in [-0.2, -0.15) is 0 Å². The summed E-state index contributed by atoms with van der Waals surface area (Å²) >= 11 is 9.15. The third kappa shape index (κ3) is 4.37. The maximum Gasteiger partial charge on any atom is 0.338 e. The SMILES string of the molecule is CN1CCN(Cc2c(O)c(Br)cc3c2c(C(=O)O)c(C(=S)c2ccc(F)c(F)c2)n3C2CC2)CC1. The monoisotopic (exact) mass is 563 g/mol. The zero-order valence-electron chi connectivity index (χ0n) is 19.0. The van der Waals surface area contributed by atoms with Gasteiger partial charge >= 0.3 is 5.97 Å². The number of carbonyl (C=O) groups is 1. The summed E-state index contributed by atoms with van der Waals surface area (Å²) < 4.78 is 30.0. The first kappa shape index (κ1) is 24.3. The Kier molecular flexibility index (Phi) is 6.41. The van der Waals surface area contributed by atoms with E-state index in [0.717, 1.165) is 51.2 Å². The van der Waals surface area contributed by atoms with Gasteiger partial charge in [0, 0.05) is 49.7 Å². The molecule has 1 saturated carbocycles. The molecular weight excluding hydrogens is 540 g/mol. The maximum absolute atomic E-state index is 14.0. The van der Waals surface area contributed by atoms with Crippen molar-refractivity contribution in [1.82, 2.24) is 14.4 Å². The average molecular weight is 564 g/mol. The standard InChI is InChI=1S/C25H24BrF2N3O3S/c1-29-6-8-30(9-7-29)12-15-20-19(11-16(26)23(15)32)31(14-3-4-14)22(21(20)25(33)34)24(35)13-2-5-17(27)18(28)10-13/h2,5,10-11,14,32H,3-4,6-9,12H2,1H3,(H,33,34). The number of piperazine rings is 1. The van der Waals surface area contributed by atoms with E-state index in [1.165, 1.54) is 6.07 Å². The topological polar surface area (TPSA) is 68.9 Å². The Morgan fingerprint density at radius 3 is 2.43 bits per heavy atom. The quantitative estimate of drug-likeness (QED) is 0.327. The van der Waals surface area contributed by atoms with E-state index in [1.807, 2.05) is 4.57 Å². The van der Waals surface area contributed by atoms with Crippen LogP contribution in [0.1, 0.15) is 46.1 Å². The molecule has 0 bridgehead atoms. The van der Waals surface area contributed by atoms with Gasteiger partial charge in [-0.3, -0.25) is 4.90 Å². The zero-order chi connectivity index (χ0) is 25.0. The molecule has 2 aliphatic rings. The van der Waals surface area contributed by atoms with Crippen molar-refractivity contribution in [2.24, 2.45) is 0 Å². The number of hydrogen-bond donors (Lipinski definition) is 2. The van der Waals surface area contributed by atoms with Crippen LogP contribution in [0, 0.1) is 11.6 Å². The van der Waals surface area contributed by atoms with Gasteiger partial charge in [0.05, 0.1) is 26.1 Å². The van der Waals surface area contributed by atoms with Crippen LogP contribution in [0.4, 0.5) is 8.78 Å². The lowest BCUT2D eigenvalue weighted by molar-refractivity contribution is 0.0698. The number of carboxylic acid groups (broad SMARTS) is 1. The molecule has 1 aliphatic carbocycles. The average Bonchev–Trinajstić information content (AvgIpc) is 3.60. The molecule has 6 nitrogen and oxygen atoms in total. The van der Waals surface area contributed by atoms with Crippen molar-refractivity contribution in [3.8, 4) is 5.75 Å². The van der Waals surface area contributed by atoms with Gasteiger partial charge in [0.15, 0.2) is 11.6 Å². The molecule has 2 aromatic carbocycles. The summed E-state index contributed by atoms with van der Waals surface area (Å²) in [7, 11) is 2.05. The number of benzene rings is 2. The summed E-state index contributed by atoms with van der Waals surface area (Å²) in [5.41, 5.74) is 1.67. The highest BCUT2D eigenvalue weighted by molar-refractivity contribution is 9.10. The molecular formula is C25H24BrF2N3O3S. The molecule has 0 atom stereocenters. The summed E-state index contributed by atoms with van der Waals surface area (Å²) in [6, 6.07) is 5.11. The number of phenols is 1. The molecule has 3 aromatic rings. The van der Waals surface area contributed by atoms with Gasteiger partial charge in [0.2, 0.25) is 0 Å². The summed E-state index contributed by atoms with van der Waals surface area (Å²) in [5, 5.41) is 21.9. The Morgan fingerprint density at radius 1 is 1.14 bits per heavy atom. The van der Waals surface area contributed by atoms with E-state index in [0.29, 0.717) is 27.5 Å². The fourth-order valence-corrected chi connectivity index (χ4v) is 5.59. The Labute approximate surface area is 214 Å². The van der Waals surface area contributed by atoms with Crippen molar-refractivity contribution in [3.05, 3.63) is 62.8 Å². The Hall–Kier alpha value is -2.40. The van der Waals surface area contributed by atoms with Gasteiger partial charge < -0.3 is 19.7 Å². The van der Waals surface area contributed by atoms with Crippen molar-refractivity contribution >= 4 is 49.9 Å². The normalized spacial score (nSPS) is 17.3. The first-order valence-corrected chi connectivity index (χ1v) is 12.6. The van der Waals surface area contributed by atoms with Crippen LogP contribution in [-0.2, 0) is 6.54 Å². The number of hydrogen-bond acceptors (Lipinski definition) is 5. The van der Waals surface area contributed by atoms with Crippen LogP contribution in [0.2, 0.25) is 0 Å². The first-order valence-electron chi connectivity index (χ1n) is 11.4. The number of aromatic carboxylic acids is 1. The van der Waals surface area contributed by atoms with Crippen LogP contribution >= 0.6 is 28.1 Å². The Balaban J connectivity index is 1.75. The number of likely N-dealkylation sites (N-methyl/N-ethyl adjacent to an activating group) is 1. The number of thiocarbonyl (C=S) groups is 1. The fourth-order valence-electron chi connectivity index (χ4n) is 4.81. The van der Waals surface area contributed by atoms with E-state index in [9.17, 15) is 23.8 Å². The second-order valence-electron chi connectivity index (χ2n) is 9.25. The molecule has 0 amide bonds. The molecule has 10 heteroatoms. The number of phenolic OH excluding ortho intramolecular Hbond substituents is 1. The van der Waals surface area contributed by atoms with E-state index >= 15 is 0 Å². The summed E-state index contributed by atoms with van der Waals surface area (Å²) in [4.78, 5) is 17.3. The lowest BCUT2D eigenvalue weighted by Crippen LogP contribution is -2.43. The Bertz CT molecular complexity index is 1360. The van der Waals surface area contributed by atoms with Crippen molar-refractivity contribution in [2.45, 2.75) is 25.4 Å². The molecule has 1 aromatic heterocycles. The number of aromatic nitrogens is 1. The van der Waals surface area contributed by atoms with Crippen LogP contribution < -0.4 is 0 Å². The molecule has 35 heavy (non-hydrogen) atoms. The van der Waals surface area contributed by atoms with Crippen LogP contribution in [0.15, 0.2) is 28.7 Å². The van der Waals surface area contributed by atoms with Gasteiger partial charge in [-0.1, -0.05) is 18.3 Å². The van der Waals surface area contributed by atoms with E-state index < -0.39 is 17.6 Å². The molecule has 2 N–H and O–H groups in total. The second kappa shape index (κ2) is 9.24. The molecule has 0 spiro atoms. The van der Waals surface area contributed by atoms with Gasteiger partial charge in [-0.05, 0) is 59.6 Å². The largest absolute Gasteiger partial charge is 0.506 e. The predicted octanol–water partition coefficient (Wildman–Crippen LogP) is 4.93. The van der Waals surface area contributed by atoms with E-state index in [2.05, 4.69) is 32.8 Å². The lowest BCUT2D eigenvalue weighted by atomic mass is 10.00. The number of rotatable bonds is 6. The van der Waals surface area contributed by atoms with Crippen molar-refractivity contribution < 1.29 is 23.8 Å². The zero-order valence-corrected chi connectivity index (χ0v) is 21.4.